The second kappa shape index (κ2) is 4.85. The zero-order valence-electron chi connectivity index (χ0n) is 8.40. The summed E-state index contributed by atoms with van der Waals surface area (Å²) in [6.07, 6.45) is 2.66. The number of nitriles is 1. The highest BCUT2D eigenvalue weighted by molar-refractivity contribution is 5.14. The van der Waals surface area contributed by atoms with E-state index in [2.05, 4.69) is 28.3 Å². The smallest absolute Gasteiger partial charge is 0.107 e. The number of hydrogen-bond donors (Lipinski definition) is 1. The highest BCUT2D eigenvalue weighted by Gasteiger charge is 2.41. The fourth-order valence-electron chi connectivity index (χ4n) is 1.93. The van der Waals surface area contributed by atoms with Crippen molar-refractivity contribution < 1.29 is 0 Å². The maximum Gasteiger partial charge on any atom is 0.107 e. The normalized spacial score (nSPS) is 29.9. The Balaban J connectivity index is 2.17. The van der Waals surface area contributed by atoms with Crippen molar-refractivity contribution in [2.75, 3.05) is 13.1 Å². The van der Waals surface area contributed by atoms with Crippen molar-refractivity contribution in [2.45, 2.75) is 31.7 Å². The molecule has 0 bridgehead atoms. The van der Waals surface area contributed by atoms with Crippen LogP contribution in [-0.4, -0.2) is 18.6 Å². The molecule has 0 amide bonds. The SMILES string of the molecule is CC1CC(C#N)(NCCCN=[N+]=[N-])C1. The van der Waals surface area contributed by atoms with Gasteiger partial charge in [0.15, 0.2) is 0 Å². The molecular formula is C9H15N5. The van der Waals surface area contributed by atoms with Crippen LogP contribution in [0.4, 0.5) is 0 Å². The third kappa shape index (κ3) is 2.63. The zero-order chi connectivity index (χ0) is 10.4. The molecule has 1 fully saturated rings. The van der Waals surface area contributed by atoms with Gasteiger partial charge in [-0.15, -0.1) is 0 Å². The van der Waals surface area contributed by atoms with E-state index in [9.17, 15) is 0 Å². The molecule has 1 aliphatic rings. The lowest BCUT2D eigenvalue weighted by molar-refractivity contribution is 0.173. The maximum atomic E-state index is 8.96. The minimum Gasteiger partial charge on any atom is -0.299 e. The highest BCUT2D eigenvalue weighted by atomic mass is 15.1. The Kier molecular flexibility index (Phi) is 3.75. The molecule has 1 rings (SSSR count). The molecule has 5 nitrogen and oxygen atoms in total. The van der Waals surface area contributed by atoms with Crippen molar-refractivity contribution >= 4 is 0 Å². The van der Waals surface area contributed by atoms with Crippen LogP contribution in [0.2, 0.25) is 0 Å². The number of azide groups is 1. The molecule has 0 radical (unpaired) electrons. The summed E-state index contributed by atoms with van der Waals surface area (Å²) in [6.45, 7) is 3.40. The van der Waals surface area contributed by atoms with Gasteiger partial charge in [0.1, 0.15) is 5.54 Å². The first-order chi connectivity index (χ1) is 6.72. The molecule has 0 spiro atoms. The van der Waals surface area contributed by atoms with Gasteiger partial charge in [0.2, 0.25) is 0 Å². The molecule has 5 heteroatoms. The predicted molar refractivity (Wildman–Crippen MR) is 53.4 cm³/mol. The average Bonchev–Trinajstić information content (AvgIpc) is 2.14. The van der Waals surface area contributed by atoms with Crippen LogP contribution in [-0.2, 0) is 0 Å². The lowest BCUT2D eigenvalue weighted by Crippen LogP contribution is -2.53. The molecule has 1 N–H and O–H groups in total. The van der Waals surface area contributed by atoms with E-state index in [-0.39, 0.29) is 5.54 Å². The summed E-state index contributed by atoms with van der Waals surface area (Å²) >= 11 is 0. The van der Waals surface area contributed by atoms with Crippen LogP contribution < -0.4 is 5.32 Å². The zero-order valence-corrected chi connectivity index (χ0v) is 8.40. The third-order valence-corrected chi connectivity index (χ3v) is 2.57. The van der Waals surface area contributed by atoms with Crippen LogP contribution in [0.5, 0.6) is 0 Å². The maximum absolute atomic E-state index is 8.96. The Hall–Kier alpha value is -1.24. The molecule has 1 saturated carbocycles. The fraction of sp³-hybridized carbons (Fsp3) is 0.889. The van der Waals surface area contributed by atoms with Crippen molar-refractivity contribution in [3.05, 3.63) is 10.4 Å². The minimum atomic E-state index is -0.296. The van der Waals surface area contributed by atoms with Crippen molar-refractivity contribution in [3.8, 4) is 6.07 Å². The Morgan fingerprint density at radius 2 is 2.43 bits per heavy atom. The molecule has 1 aliphatic carbocycles. The number of nitrogens with one attached hydrogen (secondary N) is 1. The summed E-state index contributed by atoms with van der Waals surface area (Å²) in [5.41, 5.74) is 7.75. The lowest BCUT2D eigenvalue weighted by Gasteiger charge is -2.41. The van der Waals surface area contributed by atoms with Gasteiger partial charge in [-0.1, -0.05) is 12.0 Å². The quantitative estimate of drug-likeness (QED) is 0.313. The lowest BCUT2D eigenvalue weighted by atomic mass is 9.70. The molecule has 0 aromatic carbocycles. The molecule has 14 heavy (non-hydrogen) atoms. The number of rotatable bonds is 5. The van der Waals surface area contributed by atoms with Crippen LogP contribution >= 0.6 is 0 Å². The van der Waals surface area contributed by atoms with E-state index in [0.29, 0.717) is 12.5 Å². The summed E-state index contributed by atoms with van der Waals surface area (Å²) < 4.78 is 0. The molecule has 76 valence electrons. The van der Waals surface area contributed by atoms with Crippen molar-refractivity contribution in [1.29, 1.82) is 5.26 Å². The molecule has 0 aromatic heterocycles. The monoisotopic (exact) mass is 193 g/mol. The Morgan fingerprint density at radius 3 is 2.93 bits per heavy atom. The van der Waals surface area contributed by atoms with Crippen LogP contribution in [0.3, 0.4) is 0 Å². The average molecular weight is 193 g/mol. The first-order valence-corrected chi connectivity index (χ1v) is 4.89. The van der Waals surface area contributed by atoms with Crippen LogP contribution in [0, 0.1) is 17.2 Å². The Bertz CT molecular complexity index is 267. The molecule has 0 aliphatic heterocycles. The van der Waals surface area contributed by atoms with Gasteiger partial charge in [-0.2, -0.15) is 5.26 Å². The van der Waals surface area contributed by atoms with Gasteiger partial charge in [-0.25, -0.2) is 0 Å². The van der Waals surface area contributed by atoms with Gasteiger partial charge in [-0.3, -0.25) is 5.32 Å². The minimum absolute atomic E-state index is 0.296. The van der Waals surface area contributed by atoms with Gasteiger partial charge >= 0.3 is 0 Å². The van der Waals surface area contributed by atoms with Gasteiger partial charge in [-0.05, 0) is 37.3 Å². The fourth-order valence-corrected chi connectivity index (χ4v) is 1.93. The summed E-state index contributed by atoms with van der Waals surface area (Å²) in [6, 6.07) is 2.32. The second-order valence-corrected chi connectivity index (χ2v) is 3.94. The second-order valence-electron chi connectivity index (χ2n) is 3.94. The topological polar surface area (TPSA) is 84.6 Å². The highest BCUT2D eigenvalue weighted by Crippen LogP contribution is 2.36. The molecule has 0 saturated heterocycles. The van der Waals surface area contributed by atoms with Crippen LogP contribution in [0.25, 0.3) is 10.4 Å². The van der Waals surface area contributed by atoms with Crippen molar-refractivity contribution in [1.82, 2.24) is 5.32 Å². The van der Waals surface area contributed by atoms with Gasteiger partial charge < -0.3 is 0 Å². The largest absolute Gasteiger partial charge is 0.299 e. The standard InChI is InChI=1S/C9H15N5/c1-8-5-9(6-8,7-10)12-3-2-4-13-14-11/h8,12H,2-6H2,1H3. The molecule has 0 aromatic rings. The van der Waals surface area contributed by atoms with E-state index in [1.165, 1.54) is 0 Å². The summed E-state index contributed by atoms with van der Waals surface area (Å²) in [5, 5.41) is 15.6. The first-order valence-electron chi connectivity index (χ1n) is 4.89. The predicted octanol–water partition coefficient (Wildman–Crippen LogP) is 1.97. The van der Waals surface area contributed by atoms with Crippen LogP contribution in [0.15, 0.2) is 5.11 Å². The molecule has 0 heterocycles. The van der Waals surface area contributed by atoms with E-state index >= 15 is 0 Å². The Labute approximate surface area is 83.7 Å². The van der Waals surface area contributed by atoms with Crippen LogP contribution in [0.1, 0.15) is 26.2 Å². The first kappa shape index (κ1) is 10.8. The van der Waals surface area contributed by atoms with Crippen molar-refractivity contribution in [3.63, 3.8) is 0 Å². The molecule has 0 atom stereocenters. The summed E-state index contributed by atoms with van der Waals surface area (Å²) in [4.78, 5) is 2.67. The molecular weight excluding hydrogens is 178 g/mol. The van der Waals surface area contributed by atoms with E-state index in [4.69, 9.17) is 10.8 Å². The summed E-state index contributed by atoms with van der Waals surface area (Å²) in [7, 11) is 0. The van der Waals surface area contributed by atoms with Gasteiger partial charge in [0.05, 0.1) is 6.07 Å². The van der Waals surface area contributed by atoms with Gasteiger partial charge in [0, 0.05) is 11.5 Å². The van der Waals surface area contributed by atoms with E-state index < -0.39 is 0 Å². The van der Waals surface area contributed by atoms with E-state index in [1.54, 1.807) is 0 Å². The molecule has 0 unspecified atom stereocenters. The Morgan fingerprint density at radius 1 is 1.71 bits per heavy atom. The summed E-state index contributed by atoms with van der Waals surface area (Å²) in [5.74, 6) is 0.652. The van der Waals surface area contributed by atoms with E-state index in [0.717, 1.165) is 25.8 Å². The van der Waals surface area contributed by atoms with E-state index in [1.807, 2.05) is 0 Å². The van der Waals surface area contributed by atoms with Gasteiger partial charge in [0.25, 0.3) is 0 Å². The van der Waals surface area contributed by atoms with Crippen molar-refractivity contribution in [2.24, 2.45) is 11.0 Å². The number of hydrogen-bond acceptors (Lipinski definition) is 3. The third-order valence-electron chi connectivity index (χ3n) is 2.57. The number of nitrogens with zero attached hydrogens (tertiary/aromatic N) is 4.